The van der Waals surface area contributed by atoms with Crippen molar-refractivity contribution >= 4 is 34.6 Å². The highest BCUT2D eigenvalue weighted by Crippen LogP contribution is 2.30. The fraction of sp³-hybridized carbons (Fsp3) is 0.258. The van der Waals surface area contributed by atoms with Gasteiger partial charge in [-0.2, -0.15) is 0 Å². The topological polar surface area (TPSA) is 89.4 Å². The van der Waals surface area contributed by atoms with Gasteiger partial charge in [-0.25, -0.2) is 4.98 Å². The Labute approximate surface area is 216 Å². The van der Waals surface area contributed by atoms with Gasteiger partial charge in [0.2, 0.25) is 0 Å². The minimum absolute atomic E-state index is 0.0221. The molecule has 0 radical (unpaired) electrons. The molecule has 0 spiro atoms. The Morgan fingerprint density at radius 2 is 1.78 bits per heavy atom. The average molecular weight is 494 g/mol. The third-order valence-electron chi connectivity index (χ3n) is 6.85. The zero-order valence-corrected chi connectivity index (χ0v) is 21.1. The third kappa shape index (κ3) is 5.80. The minimum atomic E-state index is 0.0221. The second-order valence-electron chi connectivity index (χ2n) is 9.67. The fourth-order valence-electron chi connectivity index (χ4n) is 4.79. The van der Waals surface area contributed by atoms with Crippen molar-refractivity contribution < 1.29 is 14.0 Å². The largest absolute Gasteiger partial charge is 0.461 e. The molecule has 5 rings (SSSR count). The molecule has 1 aliphatic heterocycles. The van der Waals surface area contributed by atoms with Crippen molar-refractivity contribution in [1.29, 1.82) is 0 Å². The van der Waals surface area contributed by atoms with E-state index in [0.717, 1.165) is 70.5 Å². The molecular weight excluding hydrogens is 462 g/mol. The number of amides is 1. The Balaban J connectivity index is 1.26. The van der Waals surface area contributed by atoms with Crippen molar-refractivity contribution in [1.82, 2.24) is 9.88 Å². The molecule has 37 heavy (non-hydrogen) atoms. The smallest absolute Gasteiger partial charge is 0.253 e. The molecule has 0 atom stereocenters. The number of nitrogen functional groups attached to an aromatic ring is 1. The second kappa shape index (κ2) is 10.8. The summed E-state index contributed by atoms with van der Waals surface area (Å²) in [4.78, 5) is 31.1. The lowest BCUT2D eigenvalue weighted by Crippen LogP contribution is -2.35. The number of aryl methyl sites for hydroxylation is 2. The summed E-state index contributed by atoms with van der Waals surface area (Å²) in [5.41, 5.74) is 11.2. The van der Waals surface area contributed by atoms with Gasteiger partial charge in [0.15, 0.2) is 5.78 Å². The maximum Gasteiger partial charge on any atom is 0.253 e. The van der Waals surface area contributed by atoms with Gasteiger partial charge in [0.1, 0.15) is 17.2 Å². The molecule has 1 saturated heterocycles. The van der Waals surface area contributed by atoms with Crippen LogP contribution in [0.25, 0.3) is 28.2 Å². The van der Waals surface area contributed by atoms with E-state index in [9.17, 15) is 9.59 Å². The summed E-state index contributed by atoms with van der Waals surface area (Å²) in [5, 5.41) is 1.01. The first kappa shape index (κ1) is 24.5. The van der Waals surface area contributed by atoms with Crippen LogP contribution in [-0.2, 0) is 11.2 Å². The van der Waals surface area contributed by atoms with Crippen molar-refractivity contribution in [2.45, 2.75) is 39.0 Å². The number of benzene rings is 2. The summed E-state index contributed by atoms with van der Waals surface area (Å²) in [6.07, 6.45) is 9.21. The van der Waals surface area contributed by atoms with Gasteiger partial charge in [-0.05, 0) is 103 Å². The molecule has 1 fully saturated rings. The number of ketones is 1. The van der Waals surface area contributed by atoms with Crippen LogP contribution in [0, 0.1) is 6.92 Å². The van der Waals surface area contributed by atoms with Crippen LogP contribution in [0.1, 0.15) is 52.9 Å². The van der Waals surface area contributed by atoms with Crippen LogP contribution in [0.4, 0.5) is 5.82 Å². The molecular formula is C31H31N3O3. The van der Waals surface area contributed by atoms with Crippen LogP contribution < -0.4 is 5.73 Å². The summed E-state index contributed by atoms with van der Waals surface area (Å²) < 4.78 is 6.08. The summed E-state index contributed by atoms with van der Waals surface area (Å²) in [6.45, 7) is 3.73. The summed E-state index contributed by atoms with van der Waals surface area (Å²) >= 11 is 0. The number of hydrogen-bond acceptors (Lipinski definition) is 5. The molecule has 1 amide bonds. The number of aromatic nitrogens is 1. The number of nitrogens with two attached hydrogens (primary N) is 1. The highest BCUT2D eigenvalue weighted by atomic mass is 16.3. The maximum atomic E-state index is 12.8. The first-order valence-corrected chi connectivity index (χ1v) is 12.8. The minimum Gasteiger partial charge on any atom is -0.461 e. The van der Waals surface area contributed by atoms with Crippen LogP contribution in [0.3, 0.4) is 0 Å². The molecule has 2 N–H and O–H groups in total. The molecule has 188 valence electrons. The first-order valence-electron chi connectivity index (χ1n) is 12.8. The van der Waals surface area contributed by atoms with Crippen molar-refractivity contribution in [3.05, 3.63) is 89.3 Å². The highest BCUT2D eigenvalue weighted by molar-refractivity contribution is 5.95. The number of carbonyl (C=O) groups excluding carboxylic acids is 2. The van der Waals surface area contributed by atoms with E-state index in [-0.39, 0.29) is 11.7 Å². The highest BCUT2D eigenvalue weighted by Gasteiger charge is 2.18. The lowest BCUT2D eigenvalue weighted by atomic mass is 9.99. The number of likely N-dealkylation sites (tertiary alicyclic amines) is 1. The number of fused-ring (bicyclic) bond motifs is 1. The third-order valence-corrected chi connectivity index (χ3v) is 6.85. The summed E-state index contributed by atoms with van der Waals surface area (Å²) in [7, 11) is 0. The van der Waals surface area contributed by atoms with E-state index in [2.05, 4.69) is 17.1 Å². The van der Waals surface area contributed by atoms with Crippen LogP contribution in [0.5, 0.6) is 0 Å². The molecule has 0 unspecified atom stereocenters. The lowest BCUT2D eigenvalue weighted by molar-refractivity contribution is -0.114. The predicted molar refractivity (Wildman–Crippen MR) is 147 cm³/mol. The number of hydrogen-bond donors (Lipinski definition) is 1. The molecule has 0 saturated carbocycles. The van der Waals surface area contributed by atoms with Crippen LogP contribution in [0.2, 0.25) is 0 Å². The van der Waals surface area contributed by atoms with E-state index >= 15 is 0 Å². The van der Waals surface area contributed by atoms with Crippen molar-refractivity contribution in [3.8, 4) is 11.1 Å². The molecule has 2 aromatic heterocycles. The summed E-state index contributed by atoms with van der Waals surface area (Å²) in [6, 6.07) is 17.6. The van der Waals surface area contributed by atoms with E-state index < -0.39 is 0 Å². The van der Waals surface area contributed by atoms with E-state index in [1.165, 1.54) is 6.42 Å². The maximum absolute atomic E-state index is 12.8. The molecule has 1 aliphatic rings. The molecule has 3 heterocycles. The quantitative estimate of drug-likeness (QED) is 0.308. The number of carbonyl (C=O) groups is 2. The molecule has 0 aliphatic carbocycles. The van der Waals surface area contributed by atoms with Gasteiger partial charge in [0, 0.05) is 43.1 Å². The normalized spacial score (nSPS) is 13.9. The SMILES string of the molecule is Cc1cc(-c2ccc(C(=O)N3CCCCC3)cc2)cc2cc(CCC(=O)/C=C/c3ccc(N)nc3)oc12. The van der Waals surface area contributed by atoms with E-state index in [4.69, 9.17) is 10.2 Å². The van der Waals surface area contributed by atoms with Crippen LogP contribution in [0.15, 0.2) is 71.3 Å². The Morgan fingerprint density at radius 1 is 1.00 bits per heavy atom. The molecule has 0 bridgehead atoms. The van der Waals surface area contributed by atoms with E-state index in [1.807, 2.05) is 48.2 Å². The van der Waals surface area contributed by atoms with Crippen LogP contribution >= 0.6 is 0 Å². The van der Waals surface area contributed by atoms with Gasteiger partial charge in [-0.1, -0.05) is 12.1 Å². The van der Waals surface area contributed by atoms with Gasteiger partial charge < -0.3 is 15.1 Å². The van der Waals surface area contributed by atoms with E-state index in [0.29, 0.717) is 18.7 Å². The second-order valence-corrected chi connectivity index (χ2v) is 9.67. The fourth-order valence-corrected chi connectivity index (χ4v) is 4.79. The summed E-state index contributed by atoms with van der Waals surface area (Å²) in [5.74, 6) is 1.38. The number of nitrogens with zero attached hydrogens (tertiary/aromatic N) is 2. The molecule has 4 aromatic rings. The number of piperidine rings is 1. The van der Waals surface area contributed by atoms with Gasteiger partial charge >= 0.3 is 0 Å². The monoisotopic (exact) mass is 493 g/mol. The lowest BCUT2D eigenvalue weighted by Gasteiger charge is -2.26. The van der Waals surface area contributed by atoms with Crippen molar-refractivity contribution in [2.24, 2.45) is 0 Å². The van der Waals surface area contributed by atoms with Gasteiger partial charge in [-0.3, -0.25) is 9.59 Å². The predicted octanol–water partition coefficient (Wildman–Crippen LogP) is 6.23. The van der Waals surface area contributed by atoms with Gasteiger partial charge in [0.05, 0.1) is 0 Å². The number of allylic oxidation sites excluding steroid dienone is 1. The number of furan rings is 1. The zero-order chi connectivity index (χ0) is 25.8. The number of anilines is 1. The zero-order valence-electron chi connectivity index (χ0n) is 21.1. The van der Waals surface area contributed by atoms with Crippen molar-refractivity contribution in [2.75, 3.05) is 18.8 Å². The van der Waals surface area contributed by atoms with Gasteiger partial charge in [0.25, 0.3) is 5.91 Å². The van der Waals surface area contributed by atoms with E-state index in [1.54, 1.807) is 24.4 Å². The van der Waals surface area contributed by atoms with Crippen molar-refractivity contribution in [3.63, 3.8) is 0 Å². The standard InChI is InChI=1S/C31H31N3O3/c1-21-17-25(23-7-9-24(10-8-23)31(36)34-15-3-2-4-16-34)18-26-19-28(37-30(21)26)13-12-27(35)11-5-22-6-14-29(32)33-20-22/h5-11,14,17-20H,2-4,12-13,15-16H2,1H3,(H2,32,33)/b11-5+. The Bertz CT molecular complexity index is 1440. The Hall–Kier alpha value is -4.19. The first-order chi connectivity index (χ1) is 18.0. The van der Waals surface area contributed by atoms with Crippen LogP contribution in [-0.4, -0.2) is 34.7 Å². The number of rotatable bonds is 7. The number of pyridine rings is 1. The average Bonchev–Trinajstić information content (AvgIpc) is 3.35. The molecule has 6 heteroatoms. The van der Waals surface area contributed by atoms with Gasteiger partial charge in [-0.15, -0.1) is 0 Å². The Kier molecular flexibility index (Phi) is 7.17. The molecule has 6 nitrogen and oxygen atoms in total. The molecule has 2 aromatic carbocycles. The Morgan fingerprint density at radius 3 is 2.51 bits per heavy atom.